The van der Waals surface area contributed by atoms with E-state index in [1.54, 1.807) is 18.2 Å². The summed E-state index contributed by atoms with van der Waals surface area (Å²) in [5.74, 6) is -1.18. The second-order valence-corrected chi connectivity index (χ2v) is 12.9. The number of rotatable bonds is 13. The van der Waals surface area contributed by atoms with Crippen molar-refractivity contribution in [1.82, 2.24) is 0 Å². The van der Waals surface area contributed by atoms with E-state index in [4.69, 9.17) is 42.3 Å². The van der Waals surface area contributed by atoms with Crippen LogP contribution in [0.4, 0.5) is 0 Å². The van der Waals surface area contributed by atoms with E-state index in [1.807, 2.05) is 0 Å². The van der Waals surface area contributed by atoms with Crippen molar-refractivity contribution in [2.75, 3.05) is 41.2 Å². The highest BCUT2D eigenvalue weighted by molar-refractivity contribution is 5.92. The zero-order chi connectivity index (χ0) is 40.3. The molecule has 6 rings (SSSR count). The van der Waals surface area contributed by atoms with Crippen molar-refractivity contribution in [1.29, 1.82) is 0 Å². The molecule has 0 spiro atoms. The van der Waals surface area contributed by atoms with Gasteiger partial charge in [-0.25, -0.2) is 4.79 Å². The number of phenolic OH excluding ortho intramolecular Hbond substituents is 2. The van der Waals surface area contributed by atoms with Crippen LogP contribution in [0, 0.1) is 0 Å². The van der Waals surface area contributed by atoms with Crippen LogP contribution in [0.2, 0.25) is 0 Å². The first-order chi connectivity index (χ1) is 26.8. The lowest BCUT2D eigenvalue weighted by molar-refractivity contribution is -0.289. The van der Waals surface area contributed by atoms with Crippen LogP contribution in [0.15, 0.2) is 70.1 Å². The van der Waals surface area contributed by atoms with Crippen LogP contribution in [0.1, 0.15) is 5.56 Å². The molecule has 0 aliphatic carbocycles. The summed E-state index contributed by atoms with van der Waals surface area (Å²) in [6.07, 6.45) is -8.03. The van der Waals surface area contributed by atoms with Gasteiger partial charge in [0, 0.05) is 12.1 Å². The third kappa shape index (κ3) is 8.08. The van der Waals surface area contributed by atoms with Gasteiger partial charge in [0.2, 0.25) is 17.5 Å². The Kier molecular flexibility index (Phi) is 12.0. The molecule has 0 saturated carbocycles. The molecule has 300 valence electrons. The van der Waals surface area contributed by atoms with Gasteiger partial charge >= 0.3 is 5.97 Å². The largest absolute Gasteiger partial charge is 0.508 e. The van der Waals surface area contributed by atoms with Crippen LogP contribution in [-0.4, -0.2) is 132 Å². The molecule has 2 aliphatic heterocycles. The molecular weight excluding hydrogens is 744 g/mol. The molecule has 3 aromatic carbocycles. The van der Waals surface area contributed by atoms with E-state index in [9.17, 15) is 45.3 Å². The Morgan fingerprint density at radius 3 is 2.30 bits per heavy atom. The van der Waals surface area contributed by atoms with Gasteiger partial charge < -0.3 is 78.1 Å². The van der Waals surface area contributed by atoms with Gasteiger partial charge in [0.1, 0.15) is 60.1 Å². The Morgan fingerprint density at radius 2 is 1.62 bits per heavy atom. The topological polar surface area (TPSA) is 263 Å². The Morgan fingerprint density at radius 1 is 0.893 bits per heavy atom. The Labute approximate surface area is 317 Å². The molecule has 8 atom stereocenters. The Balaban J connectivity index is 1.14. The van der Waals surface area contributed by atoms with Gasteiger partial charge in [-0.1, -0.05) is 18.2 Å². The van der Waals surface area contributed by atoms with Crippen LogP contribution in [0.5, 0.6) is 34.5 Å². The fourth-order valence-electron chi connectivity index (χ4n) is 6.13. The average Bonchev–Trinajstić information content (AvgIpc) is 3.48. The standard InChI is InChI=1S/C38H40O18/c1-48-23-10-7-19(12-22(23)40)21-14-51-24-13-25(33(49-2)34(50-3)28(24)29(21)42)55-36-32(45)31(44)30(43)26(56-36)15-52-37-35(46)38(47,17-54-37)16-53-27(41)11-6-18-4-8-20(39)9-5-18/h4-14,26,30-32,35-37,39-40,43-47H,15-17H2,1-3H3/b11-6+/t26-,30-,31+,32-,35+,36-,37-,38-/m1/s1. The normalized spacial score (nSPS) is 26.3. The maximum Gasteiger partial charge on any atom is 0.330 e. The predicted molar refractivity (Wildman–Crippen MR) is 191 cm³/mol. The van der Waals surface area contributed by atoms with E-state index in [1.165, 1.54) is 64.0 Å². The molecule has 18 nitrogen and oxygen atoms in total. The number of carbonyl (C=O) groups is 1. The van der Waals surface area contributed by atoms with Crippen molar-refractivity contribution in [2.45, 2.75) is 48.7 Å². The molecule has 0 bridgehead atoms. The van der Waals surface area contributed by atoms with Gasteiger partial charge in [-0.3, -0.25) is 4.79 Å². The molecule has 2 saturated heterocycles. The van der Waals surface area contributed by atoms with Crippen LogP contribution >= 0.6 is 0 Å². The predicted octanol–water partition coefficient (Wildman–Crippen LogP) is 0.805. The first-order valence-corrected chi connectivity index (χ1v) is 17.0. The highest BCUT2D eigenvalue weighted by Crippen LogP contribution is 2.44. The lowest BCUT2D eigenvalue weighted by atomic mass is 9.99. The van der Waals surface area contributed by atoms with Crippen LogP contribution in [0.3, 0.4) is 0 Å². The summed E-state index contributed by atoms with van der Waals surface area (Å²) in [5, 5.41) is 73.6. The van der Waals surface area contributed by atoms with Crippen molar-refractivity contribution >= 4 is 23.0 Å². The number of hydrogen-bond acceptors (Lipinski definition) is 18. The number of carbonyl (C=O) groups excluding carboxylic acids is 1. The van der Waals surface area contributed by atoms with E-state index in [0.717, 1.165) is 6.08 Å². The van der Waals surface area contributed by atoms with Gasteiger partial charge in [-0.15, -0.1) is 0 Å². The number of aromatic hydroxyl groups is 2. The molecular formula is C38H40O18. The zero-order valence-corrected chi connectivity index (χ0v) is 30.1. The summed E-state index contributed by atoms with van der Waals surface area (Å²) in [7, 11) is 3.92. The van der Waals surface area contributed by atoms with Gasteiger partial charge in [-0.2, -0.15) is 0 Å². The molecule has 2 aliphatic rings. The lowest BCUT2D eigenvalue weighted by Gasteiger charge is -2.40. The number of methoxy groups -OCH3 is 3. The maximum atomic E-state index is 13.7. The van der Waals surface area contributed by atoms with Crippen molar-refractivity contribution in [3.05, 3.63) is 76.7 Å². The molecule has 0 unspecified atom stereocenters. The Bertz CT molecular complexity index is 2110. The van der Waals surface area contributed by atoms with E-state index in [2.05, 4.69) is 0 Å². The summed E-state index contributed by atoms with van der Waals surface area (Å²) in [4.78, 5) is 26.0. The van der Waals surface area contributed by atoms with Crippen molar-refractivity contribution < 1.29 is 82.9 Å². The zero-order valence-electron chi connectivity index (χ0n) is 30.1. The van der Waals surface area contributed by atoms with E-state index in [0.29, 0.717) is 11.1 Å². The number of hydrogen-bond donors (Lipinski definition) is 7. The minimum absolute atomic E-state index is 0.0335. The summed E-state index contributed by atoms with van der Waals surface area (Å²) >= 11 is 0. The van der Waals surface area contributed by atoms with Crippen molar-refractivity contribution in [3.8, 4) is 45.6 Å². The smallest absolute Gasteiger partial charge is 0.330 e. The third-order valence-corrected chi connectivity index (χ3v) is 9.25. The molecule has 3 heterocycles. The summed E-state index contributed by atoms with van der Waals surface area (Å²) in [6, 6.07) is 11.6. The quantitative estimate of drug-likeness (QED) is 0.0730. The summed E-state index contributed by atoms with van der Waals surface area (Å²) < 4.78 is 49.7. The minimum atomic E-state index is -2.07. The van der Waals surface area contributed by atoms with Crippen molar-refractivity contribution in [3.63, 3.8) is 0 Å². The number of ether oxygens (including phenoxy) is 8. The fourth-order valence-corrected chi connectivity index (χ4v) is 6.13. The number of aliphatic hydroxyl groups is 5. The first-order valence-electron chi connectivity index (χ1n) is 17.0. The average molecular weight is 785 g/mol. The number of phenols is 2. The molecule has 0 radical (unpaired) electrons. The monoisotopic (exact) mass is 784 g/mol. The van der Waals surface area contributed by atoms with E-state index < -0.39 is 79.9 Å². The molecule has 56 heavy (non-hydrogen) atoms. The molecule has 2 fully saturated rings. The second kappa shape index (κ2) is 16.7. The summed E-state index contributed by atoms with van der Waals surface area (Å²) in [5.41, 5.74) is -1.66. The van der Waals surface area contributed by atoms with E-state index in [-0.39, 0.29) is 51.0 Å². The third-order valence-electron chi connectivity index (χ3n) is 9.25. The SMILES string of the molecule is COc1ccc(-c2coc3cc(O[C@@H]4O[C@H](CO[C@@H]5OC[C@](O)(COC(=O)/C=C/c6ccc(O)cc6)[C@H]5O)[C@@H](O)[C@H](O)[C@H]4O)c(OC)c(OC)c3c2=O)cc1O. The van der Waals surface area contributed by atoms with Crippen LogP contribution < -0.4 is 24.4 Å². The van der Waals surface area contributed by atoms with Gasteiger partial charge in [0.15, 0.2) is 34.9 Å². The number of aliphatic hydroxyl groups excluding tert-OH is 4. The van der Waals surface area contributed by atoms with E-state index >= 15 is 0 Å². The first kappa shape index (κ1) is 40.2. The van der Waals surface area contributed by atoms with Gasteiger partial charge in [0.05, 0.1) is 40.1 Å². The molecule has 0 amide bonds. The van der Waals surface area contributed by atoms with Gasteiger partial charge in [0.25, 0.3) is 0 Å². The Hall–Kier alpha value is -5.44. The summed E-state index contributed by atoms with van der Waals surface area (Å²) in [6.45, 7) is -1.73. The number of esters is 1. The maximum absolute atomic E-state index is 13.7. The molecule has 18 heteroatoms. The minimum Gasteiger partial charge on any atom is -0.508 e. The highest BCUT2D eigenvalue weighted by atomic mass is 16.7. The van der Waals surface area contributed by atoms with Crippen LogP contribution in [-0.2, 0) is 23.7 Å². The fraction of sp³-hybridized carbons (Fsp3) is 0.368. The lowest BCUT2D eigenvalue weighted by Crippen LogP contribution is -2.60. The second-order valence-electron chi connectivity index (χ2n) is 12.9. The number of fused-ring (bicyclic) bond motifs is 1. The molecule has 1 aromatic heterocycles. The molecule has 4 aromatic rings. The van der Waals surface area contributed by atoms with Crippen molar-refractivity contribution in [2.24, 2.45) is 0 Å². The molecule has 7 N–H and O–H groups in total. The highest BCUT2D eigenvalue weighted by Gasteiger charge is 2.51. The van der Waals surface area contributed by atoms with Crippen LogP contribution in [0.25, 0.3) is 28.2 Å². The number of benzene rings is 3. The van der Waals surface area contributed by atoms with Gasteiger partial charge in [-0.05, 0) is 41.5 Å².